The maximum absolute atomic E-state index is 10.9. The summed E-state index contributed by atoms with van der Waals surface area (Å²) in [6, 6.07) is 0.0249. The van der Waals surface area contributed by atoms with Gasteiger partial charge in [0.1, 0.15) is 0 Å². The monoisotopic (exact) mass is 183 g/mol. The highest BCUT2D eigenvalue weighted by molar-refractivity contribution is 5.86. The van der Waals surface area contributed by atoms with Crippen molar-refractivity contribution in [3.05, 3.63) is 12.3 Å². The number of rotatable bonds is 3. The predicted octanol–water partition coefficient (Wildman–Crippen LogP) is 0.588. The first kappa shape index (κ1) is 9.77. The van der Waals surface area contributed by atoms with Gasteiger partial charge in [-0.25, -0.2) is 0 Å². The molecule has 0 aromatic heterocycles. The molecule has 1 heterocycles. The average molecular weight is 183 g/mol. The molecule has 1 aliphatic heterocycles. The molecule has 0 spiro atoms. The number of hydrogen-bond acceptors (Lipinski definition) is 3. The molecule has 0 aromatic rings. The van der Waals surface area contributed by atoms with E-state index in [1.807, 2.05) is 6.92 Å². The van der Waals surface area contributed by atoms with Gasteiger partial charge in [0.2, 0.25) is 5.91 Å². The van der Waals surface area contributed by atoms with Gasteiger partial charge >= 0.3 is 5.97 Å². The lowest BCUT2D eigenvalue weighted by Crippen LogP contribution is -2.56. The fourth-order valence-corrected chi connectivity index (χ4v) is 1.28. The standard InChI is InChI=1S/C9H13NO3/c1-3-7-8(10-9(7)12)4-5-13-6(2)11/h4-5,7-8H,3H2,1-2H3,(H,10,12)/t7-,8+/m0/s1. The molecule has 0 unspecified atom stereocenters. The summed E-state index contributed by atoms with van der Waals surface area (Å²) in [5.74, 6) is -0.248. The summed E-state index contributed by atoms with van der Waals surface area (Å²) >= 11 is 0. The number of carbonyl (C=O) groups excluding carboxylic acids is 2. The van der Waals surface area contributed by atoms with E-state index in [4.69, 9.17) is 0 Å². The third-order valence-corrected chi connectivity index (χ3v) is 2.04. The lowest BCUT2D eigenvalue weighted by Gasteiger charge is -2.33. The van der Waals surface area contributed by atoms with Gasteiger partial charge in [0.15, 0.2) is 0 Å². The van der Waals surface area contributed by atoms with Gasteiger partial charge in [0, 0.05) is 6.92 Å². The lowest BCUT2D eigenvalue weighted by molar-refractivity contribution is -0.135. The Bertz CT molecular complexity index is 247. The second-order valence-electron chi connectivity index (χ2n) is 2.99. The number of esters is 1. The highest BCUT2D eigenvalue weighted by Crippen LogP contribution is 2.19. The maximum Gasteiger partial charge on any atom is 0.307 e. The summed E-state index contributed by atoms with van der Waals surface area (Å²) in [7, 11) is 0. The zero-order valence-corrected chi connectivity index (χ0v) is 7.74. The minimum atomic E-state index is -0.352. The summed E-state index contributed by atoms with van der Waals surface area (Å²) in [6.07, 6.45) is 3.83. The van der Waals surface area contributed by atoms with Crippen LogP contribution in [0.4, 0.5) is 0 Å². The van der Waals surface area contributed by atoms with Gasteiger partial charge in [-0.2, -0.15) is 0 Å². The summed E-state index contributed by atoms with van der Waals surface area (Å²) in [6.45, 7) is 3.29. The van der Waals surface area contributed by atoms with Gasteiger partial charge in [-0.05, 0) is 12.5 Å². The fourth-order valence-electron chi connectivity index (χ4n) is 1.28. The van der Waals surface area contributed by atoms with Crippen LogP contribution in [0.1, 0.15) is 20.3 Å². The Hall–Kier alpha value is -1.32. The fraction of sp³-hybridized carbons (Fsp3) is 0.556. The maximum atomic E-state index is 10.9. The number of hydrogen-bond donors (Lipinski definition) is 1. The molecule has 1 N–H and O–H groups in total. The minimum absolute atomic E-state index is 0.0249. The molecule has 0 aromatic carbocycles. The first-order valence-corrected chi connectivity index (χ1v) is 4.29. The van der Waals surface area contributed by atoms with E-state index in [0.717, 1.165) is 6.42 Å². The number of ether oxygens (including phenoxy) is 1. The van der Waals surface area contributed by atoms with Crippen LogP contribution in [0.5, 0.6) is 0 Å². The molecular weight excluding hydrogens is 170 g/mol. The van der Waals surface area contributed by atoms with E-state index in [-0.39, 0.29) is 23.8 Å². The molecule has 13 heavy (non-hydrogen) atoms. The van der Waals surface area contributed by atoms with E-state index < -0.39 is 0 Å². The van der Waals surface area contributed by atoms with Crippen molar-refractivity contribution in [1.29, 1.82) is 0 Å². The molecule has 0 aliphatic carbocycles. The Morgan fingerprint density at radius 2 is 2.38 bits per heavy atom. The van der Waals surface area contributed by atoms with Crippen molar-refractivity contribution in [3.8, 4) is 0 Å². The number of nitrogens with one attached hydrogen (secondary N) is 1. The van der Waals surface area contributed by atoms with Gasteiger partial charge < -0.3 is 10.1 Å². The van der Waals surface area contributed by atoms with E-state index in [2.05, 4.69) is 10.1 Å². The van der Waals surface area contributed by atoms with Crippen LogP contribution >= 0.6 is 0 Å². The van der Waals surface area contributed by atoms with Crippen LogP contribution in [0.15, 0.2) is 12.3 Å². The third-order valence-electron chi connectivity index (χ3n) is 2.04. The summed E-state index contributed by atoms with van der Waals surface area (Å²) in [4.78, 5) is 21.3. The van der Waals surface area contributed by atoms with Crippen molar-refractivity contribution in [2.75, 3.05) is 0 Å². The molecule has 0 radical (unpaired) electrons. The molecule has 1 fully saturated rings. The van der Waals surface area contributed by atoms with Gasteiger partial charge in [-0.15, -0.1) is 0 Å². The van der Waals surface area contributed by atoms with Gasteiger partial charge in [0.25, 0.3) is 0 Å². The van der Waals surface area contributed by atoms with Crippen LogP contribution in [0, 0.1) is 5.92 Å². The first-order chi connectivity index (χ1) is 6.15. The average Bonchev–Trinajstić information content (AvgIpc) is 2.02. The van der Waals surface area contributed by atoms with Crippen LogP contribution in [0.25, 0.3) is 0 Å². The van der Waals surface area contributed by atoms with Crippen LogP contribution in [0.2, 0.25) is 0 Å². The molecular formula is C9H13NO3. The van der Waals surface area contributed by atoms with Gasteiger partial charge in [-0.1, -0.05) is 6.92 Å². The minimum Gasteiger partial charge on any atom is -0.435 e. The molecule has 0 saturated carbocycles. The largest absolute Gasteiger partial charge is 0.435 e. The molecule has 4 nitrogen and oxygen atoms in total. The Kier molecular flexibility index (Phi) is 3.06. The molecule has 2 atom stereocenters. The molecule has 4 heteroatoms. The zero-order valence-electron chi connectivity index (χ0n) is 7.74. The predicted molar refractivity (Wildman–Crippen MR) is 46.6 cm³/mol. The van der Waals surface area contributed by atoms with Crippen molar-refractivity contribution in [2.45, 2.75) is 26.3 Å². The highest BCUT2D eigenvalue weighted by Gasteiger charge is 2.35. The van der Waals surface area contributed by atoms with E-state index in [1.54, 1.807) is 6.08 Å². The van der Waals surface area contributed by atoms with Crippen molar-refractivity contribution >= 4 is 11.9 Å². The smallest absolute Gasteiger partial charge is 0.307 e. The summed E-state index contributed by atoms with van der Waals surface area (Å²) < 4.78 is 4.61. The number of carbonyl (C=O) groups is 2. The SMILES string of the molecule is CC[C@@H]1C(=O)N[C@@H]1C=COC(C)=O. The van der Waals surface area contributed by atoms with E-state index in [9.17, 15) is 9.59 Å². The summed E-state index contributed by atoms with van der Waals surface area (Å²) in [5, 5.41) is 2.70. The third kappa shape index (κ3) is 2.31. The Morgan fingerprint density at radius 3 is 2.85 bits per heavy atom. The Balaban J connectivity index is 2.34. The van der Waals surface area contributed by atoms with E-state index in [1.165, 1.54) is 13.2 Å². The molecule has 1 saturated heterocycles. The van der Waals surface area contributed by atoms with Crippen molar-refractivity contribution in [2.24, 2.45) is 5.92 Å². The molecule has 1 rings (SSSR count). The van der Waals surface area contributed by atoms with E-state index >= 15 is 0 Å². The molecule has 72 valence electrons. The van der Waals surface area contributed by atoms with Crippen molar-refractivity contribution < 1.29 is 14.3 Å². The number of β-lactam (4-membered cyclic amide) rings is 1. The van der Waals surface area contributed by atoms with Crippen molar-refractivity contribution in [1.82, 2.24) is 5.32 Å². The van der Waals surface area contributed by atoms with E-state index in [0.29, 0.717) is 0 Å². The second-order valence-corrected chi connectivity index (χ2v) is 2.99. The molecule has 0 bridgehead atoms. The normalized spacial score (nSPS) is 26.8. The van der Waals surface area contributed by atoms with Crippen LogP contribution in [0.3, 0.4) is 0 Å². The first-order valence-electron chi connectivity index (χ1n) is 4.29. The van der Waals surface area contributed by atoms with Crippen molar-refractivity contribution in [3.63, 3.8) is 0 Å². The zero-order chi connectivity index (χ0) is 9.84. The van der Waals surface area contributed by atoms with Gasteiger partial charge in [0.05, 0.1) is 18.2 Å². The Labute approximate surface area is 76.9 Å². The van der Waals surface area contributed by atoms with Crippen LogP contribution in [-0.4, -0.2) is 17.9 Å². The molecule has 1 aliphatic rings. The van der Waals surface area contributed by atoms with Gasteiger partial charge in [-0.3, -0.25) is 9.59 Å². The van der Waals surface area contributed by atoms with Crippen LogP contribution < -0.4 is 5.32 Å². The molecule has 1 amide bonds. The lowest BCUT2D eigenvalue weighted by atomic mass is 9.88. The number of amides is 1. The topological polar surface area (TPSA) is 55.4 Å². The Morgan fingerprint density at radius 1 is 1.69 bits per heavy atom. The quantitative estimate of drug-likeness (QED) is 0.396. The van der Waals surface area contributed by atoms with Crippen LogP contribution in [-0.2, 0) is 14.3 Å². The highest BCUT2D eigenvalue weighted by atomic mass is 16.5. The second kappa shape index (κ2) is 4.07. The summed E-state index contributed by atoms with van der Waals surface area (Å²) in [5.41, 5.74) is 0.